The van der Waals surface area contributed by atoms with E-state index >= 15 is 0 Å². The van der Waals surface area contributed by atoms with Gasteiger partial charge in [0.1, 0.15) is 4.90 Å². The lowest BCUT2D eigenvalue weighted by molar-refractivity contribution is 0.0940. The van der Waals surface area contributed by atoms with Gasteiger partial charge in [-0.15, -0.1) is 0 Å². The maximum atomic E-state index is 13.0. The largest absolute Gasteiger partial charge is 0.350 e. The van der Waals surface area contributed by atoms with Gasteiger partial charge in [-0.05, 0) is 62.2 Å². The van der Waals surface area contributed by atoms with Crippen LogP contribution in [-0.2, 0) is 10.0 Å². The van der Waals surface area contributed by atoms with Gasteiger partial charge in [-0.1, -0.05) is 48.9 Å². The quantitative estimate of drug-likeness (QED) is 0.394. The topological polar surface area (TPSA) is 104 Å². The van der Waals surface area contributed by atoms with Gasteiger partial charge >= 0.3 is 0 Å². The molecule has 0 fully saturated rings. The molecule has 2 amide bonds. The van der Waals surface area contributed by atoms with Crippen molar-refractivity contribution in [3.05, 3.63) is 88.4 Å². The summed E-state index contributed by atoms with van der Waals surface area (Å²) in [5.41, 5.74) is 1.84. The van der Waals surface area contributed by atoms with E-state index in [-0.39, 0.29) is 27.4 Å². The third-order valence-electron chi connectivity index (χ3n) is 5.28. The number of amides is 2. The van der Waals surface area contributed by atoms with E-state index in [2.05, 4.69) is 15.4 Å². The zero-order chi connectivity index (χ0) is 24.9. The number of nitrogens with one attached hydrogen (secondary N) is 3. The molecule has 0 aliphatic carbocycles. The van der Waals surface area contributed by atoms with E-state index in [1.807, 2.05) is 13.8 Å². The summed E-state index contributed by atoms with van der Waals surface area (Å²) in [6, 6.07) is 17.5. The first kappa shape index (κ1) is 25.3. The Morgan fingerprint density at radius 1 is 0.941 bits per heavy atom. The van der Waals surface area contributed by atoms with Crippen LogP contribution in [0.4, 0.5) is 11.4 Å². The van der Waals surface area contributed by atoms with Gasteiger partial charge in [0.2, 0.25) is 0 Å². The summed E-state index contributed by atoms with van der Waals surface area (Å²) in [7, 11) is -4.06. The van der Waals surface area contributed by atoms with Crippen molar-refractivity contribution in [2.45, 2.75) is 38.1 Å². The van der Waals surface area contributed by atoms with Gasteiger partial charge in [-0.3, -0.25) is 14.3 Å². The summed E-state index contributed by atoms with van der Waals surface area (Å²) in [4.78, 5) is 25.4. The lowest BCUT2D eigenvalue weighted by Crippen LogP contribution is -2.32. The van der Waals surface area contributed by atoms with Crippen molar-refractivity contribution >= 4 is 44.8 Å². The van der Waals surface area contributed by atoms with Crippen LogP contribution in [-0.4, -0.2) is 26.3 Å². The monoisotopic (exact) mass is 499 g/mol. The van der Waals surface area contributed by atoms with Gasteiger partial charge in [0.15, 0.2) is 0 Å². The number of carbonyl (C=O) groups excluding carboxylic acids is 2. The number of hydrogen-bond donors (Lipinski definition) is 3. The first-order valence-electron chi connectivity index (χ1n) is 10.7. The molecular weight excluding hydrogens is 474 g/mol. The van der Waals surface area contributed by atoms with E-state index in [0.717, 1.165) is 12.0 Å². The van der Waals surface area contributed by atoms with Crippen molar-refractivity contribution in [1.29, 1.82) is 0 Å². The van der Waals surface area contributed by atoms with Crippen LogP contribution < -0.4 is 15.4 Å². The average Bonchev–Trinajstić information content (AvgIpc) is 2.80. The minimum atomic E-state index is -4.06. The molecule has 3 aromatic rings. The third kappa shape index (κ3) is 5.95. The van der Waals surface area contributed by atoms with Crippen LogP contribution in [0.25, 0.3) is 0 Å². The molecule has 3 rings (SSSR count). The lowest BCUT2D eigenvalue weighted by atomic mass is 10.1. The predicted octanol–water partition coefficient (Wildman–Crippen LogP) is 5.23. The van der Waals surface area contributed by atoms with E-state index in [1.165, 1.54) is 18.2 Å². The second-order valence-electron chi connectivity index (χ2n) is 7.85. The molecule has 0 saturated carbocycles. The molecule has 34 heavy (non-hydrogen) atoms. The zero-order valence-corrected chi connectivity index (χ0v) is 20.6. The highest BCUT2D eigenvalue weighted by molar-refractivity contribution is 7.92. The Bertz CT molecular complexity index is 1330. The summed E-state index contributed by atoms with van der Waals surface area (Å²) in [5, 5.41) is 5.54. The van der Waals surface area contributed by atoms with Crippen LogP contribution >= 0.6 is 11.6 Å². The summed E-state index contributed by atoms with van der Waals surface area (Å²) in [6.07, 6.45) is 0.763. The normalized spacial score (nSPS) is 12.0. The summed E-state index contributed by atoms with van der Waals surface area (Å²) in [5.74, 6) is -0.889. The van der Waals surface area contributed by atoms with E-state index in [9.17, 15) is 18.0 Å². The SMILES string of the molecule is CC[C@@H](C)NC(=O)c1ccccc1NC(=O)c1ccc(Cl)c(S(=O)(=O)Nc2ccccc2C)c1. The van der Waals surface area contributed by atoms with Crippen molar-refractivity contribution in [3.63, 3.8) is 0 Å². The Balaban J connectivity index is 1.88. The van der Waals surface area contributed by atoms with Gasteiger partial charge in [-0.2, -0.15) is 0 Å². The Hall–Kier alpha value is -3.36. The third-order valence-corrected chi connectivity index (χ3v) is 7.13. The number of halogens is 1. The van der Waals surface area contributed by atoms with Crippen LogP contribution in [0.1, 0.15) is 46.5 Å². The summed E-state index contributed by atoms with van der Waals surface area (Å²) < 4.78 is 28.5. The highest BCUT2D eigenvalue weighted by atomic mass is 35.5. The summed E-state index contributed by atoms with van der Waals surface area (Å²) in [6.45, 7) is 5.62. The molecule has 3 aromatic carbocycles. The Morgan fingerprint density at radius 3 is 2.26 bits per heavy atom. The summed E-state index contributed by atoms with van der Waals surface area (Å²) >= 11 is 6.18. The first-order chi connectivity index (χ1) is 16.1. The molecule has 0 bridgehead atoms. The molecule has 0 radical (unpaired) electrons. The molecule has 1 atom stereocenters. The fraction of sp³-hybridized carbons (Fsp3) is 0.200. The van der Waals surface area contributed by atoms with Crippen molar-refractivity contribution in [1.82, 2.24) is 5.32 Å². The first-order valence-corrected chi connectivity index (χ1v) is 12.6. The van der Waals surface area contributed by atoms with Crippen LogP contribution in [0, 0.1) is 6.92 Å². The fourth-order valence-corrected chi connectivity index (χ4v) is 4.78. The standard InChI is InChI=1S/C25H26ClN3O4S/c1-4-17(3)27-25(31)19-10-6-8-12-22(19)28-24(30)18-13-14-20(26)23(15-18)34(32,33)29-21-11-7-5-9-16(21)2/h5-15,17,29H,4H2,1-3H3,(H,27,31)(H,28,30)/t17-/m1/s1. The van der Waals surface area contributed by atoms with Gasteiger partial charge in [0, 0.05) is 11.6 Å². The number of para-hydroxylation sites is 2. The van der Waals surface area contributed by atoms with Crippen molar-refractivity contribution in [2.24, 2.45) is 0 Å². The minimum absolute atomic E-state index is 0.0223. The lowest BCUT2D eigenvalue weighted by Gasteiger charge is -2.15. The number of anilines is 2. The van der Waals surface area contributed by atoms with E-state index in [4.69, 9.17) is 11.6 Å². The molecule has 0 saturated heterocycles. The van der Waals surface area contributed by atoms with Crippen LogP contribution in [0.5, 0.6) is 0 Å². The molecule has 0 unspecified atom stereocenters. The number of sulfonamides is 1. The molecule has 9 heteroatoms. The van der Waals surface area contributed by atoms with Gasteiger partial charge in [0.05, 0.1) is 22.0 Å². The second-order valence-corrected chi connectivity index (χ2v) is 9.91. The molecule has 3 N–H and O–H groups in total. The molecule has 0 aliphatic rings. The predicted molar refractivity (Wildman–Crippen MR) is 135 cm³/mol. The Kier molecular flexibility index (Phi) is 7.96. The number of carbonyl (C=O) groups is 2. The number of rotatable bonds is 8. The van der Waals surface area contributed by atoms with Gasteiger partial charge < -0.3 is 10.6 Å². The van der Waals surface area contributed by atoms with E-state index in [0.29, 0.717) is 16.9 Å². The average molecular weight is 500 g/mol. The molecule has 0 aromatic heterocycles. The molecule has 178 valence electrons. The number of hydrogen-bond acceptors (Lipinski definition) is 4. The van der Waals surface area contributed by atoms with Crippen molar-refractivity contribution in [3.8, 4) is 0 Å². The smallest absolute Gasteiger partial charge is 0.263 e. The second kappa shape index (κ2) is 10.7. The van der Waals surface area contributed by atoms with Crippen LogP contribution in [0.3, 0.4) is 0 Å². The van der Waals surface area contributed by atoms with Crippen molar-refractivity contribution in [2.75, 3.05) is 10.0 Å². The Labute approximate surface area is 204 Å². The highest BCUT2D eigenvalue weighted by Gasteiger charge is 2.22. The maximum Gasteiger partial charge on any atom is 0.263 e. The minimum Gasteiger partial charge on any atom is -0.350 e. The Morgan fingerprint density at radius 2 is 1.59 bits per heavy atom. The van der Waals surface area contributed by atoms with Crippen LogP contribution in [0.2, 0.25) is 5.02 Å². The van der Waals surface area contributed by atoms with Crippen LogP contribution in [0.15, 0.2) is 71.6 Å². The van der Waals surface area contributed by atoms with E-state index < -0.39 is 15.9 Å². The number of benzene rings is 3. The van der Waals surface area contributed by atoms with Crippen molar-refractivity contribution < 1.29 is 18.0 Å². The molecule has 7 nitrogen and oxygen atoms in total. The van der Waals surface area contributed by atoms with E-state index in [1.54, 1.807) is 55.5 Å². The number of aryl methyl sites for hydroxylation is 1. The fourth-order valence-electron chi connectivity index (χ4n) is 3.13. The molecule has 0 heterocycles. The zero-order valence-electron chi connectivity index (χ0n) is 19.1. The van der Waals surface area contributed by atoms with Gasteiger partial charge in [0.25, 0.3) is 21.8 Å². The molecular formula is C25H26ClN3O4S. The van der Waals surface area contributed by atoms with Gasteiger partial charge in [-0.25, -0.2) is 8.42 Å². The molecule has 0 spiro atoms. The highest BCUT2D eigenvalue weighted by Crippen LogP contribution is 2.27. The molecule has 0 aliphatic heterocycles. The maximum absolute atomic E-state index is 13.0.